The molecule has 2 heterocycles. The van der Waals surface area contributed by atoms with Crippen molar-refractivity contribution < 1.29 is 4.79 Å². The van der Waals surface area contributed by atoms with Crippen LogP contribution in [0.2, 0.25) is 0 Å². The zero-order valence-electron chi connectivity index (χ0n) is 10.9. The van der Waals surface area contributed by atoms with Gasteiger partial charge in [-0.15, -0.1) is 0 Å². The van der Waals surface area contributed by atoms with E-state index in [1.165, 1.54) is 0 Å². The standard InChI is InChI=1S/C13H15BrN4O2/c1-6(7-4-15-5-7)12(19)16-9-3-11-10(2-8(9)14)17-13(20)18-11/h2-3,6-7,15H,4-5H2,1H3,(H,16,19)(H2,17,18,20). The number of carbonyl (C=O) groups excluding carboxylic acids is 1. The van der Waals surface area contributed by atoms with E-state index in [-0.39, 0.29) is 17.5 Å². The van der Waals surface area contributed by atoms with E-state index in [1.807, 2.05) is 6.92 Å². The molecule has 0 spiro atoms. The number of benzene rings is 1. The number of aromatic amines is 2. The summed E-state index contributed by atoms with van der Waals surface area (Å²) >= 11 is 3.41. The van der Waals surface area contributed by atoms with Crippen molar-refractivity contribution in [3.63, 3.8) is 0 Å². The van der Waals surface area contributed by atoms with Crippen molar-refractivity contribution >= 4 is 38.6 Å². The maximum Gasteiger partial charge on any atom is 0.323 e. The molecule has 0 saturated carbocycles. The second kappa shape index (κ2) is 5.06. The molecule has 0 aliphatic carbocycles. The lowest BCUT2D eigenvalue weighted by atomic mass is 9.88. The van der Waals surface area contributed by atoms with E-state index < -0.39 is 0 Å². The Morgan fingerprint density at radius 1 is 1.35 bits per heavy atom. The van der Waals surface area contributed by atoms with Crippen LogP contribution in [0.4, 0.5) is 5.69 Å². The lowest BCUT2D eigenvalue weighted by molar-refractivity contribution is -0.121. The quantitative estimate of drug-likeness (QED) is 0.682. The van der Waals surface area contributed by atoms with Crippen molar-refractivity contribution in [1.82, 2.24) is 15.3 Å². The van der Waals surface area contributed by atoms with Crippen LogP contribution in [0, 0.1) is 11.8 Å². The van der Waals surface area contributed by atoms with Crippen molar-refractivity contribution in [1.29, 1.82) is 0 Å². The number of H-pyrrole nitrogens is 2. The zero-order valence-corrected chi connectivity index (χ0v) is 12.5. The number of hydrogen-bond acceptors (Lipinski definition) is 3. The minimum absolute atomic E-state index is 0.00515. The lowest BCUT2D eigenvalue weighted by Crippen LogP contribution is -2.48. The van der Waals surface area contributed by atoms with Crippen molar-refractivity contribution in [2.45, 2.75) is 6.92 Å². The first kappa shape index (κ1) is 13.4. The summed E-state index contributed by atoms with van der Waals surface area (Å²) in [5.41, 5.74) is 1.78. The number of carbonyl (C=O) groups is 1. The fourth-order valence-electron chi connectivity index (χ4n) is 2.28. The van der Waals surface area contributed by atoms with E-state index >= 15 is 0 Å². The molecule has 1 aliphatic rings. The molecule has 2 aromatic rings. The van der Waals surface area contributed by atoms with Gasteiger partial charge in [-0.3, -0.25) is 4.79 Å². The van der Waals surface area contributed by atoms with Crippen LogP contribution in [0.5, 0.6) is 0 Å². The Hall–Kier alpha value is -1.60. The predicted octanol–water partition coefficient (Wildman–Crippen LogP) is 1.41. The molecular weight excluding hydrogens is 324 g/mol. The highest BCUT2D eigenvalue weighted by Gasteiger charge is 2.28. The summed E-state index contributed by atoms with van der Waals surface area (Å²) in [4.78, 5) is 28.8. The molecule has 0 bridgehead atoms. The molecule has 1 fully saturated rings. The van der Waals surface area contributed by atoms with Crippen molar-refractivity contribution in [2.24, 2.45) is 11.8 Å². The Kier molecular flexibility index (Phi) is 3.39. The Morgan fingerprint density at radius 2 is 2.00 bits per heavy atom. The first-order chi connectivity index (χ1) is 9.54. The number of halogens is 1. The van der Waals surface area contributed by atoms with Gasteiger partial charge in [0, 0.05) is 10.4 Å². The third-order valence-electron chi connectivity index (χ3n) is 3.80. The number of nitrogens with one attached hydrogen (secondary N) is 4. The number of rotatable bonds is 3. The monoisotopic (exact) mass is 338 g/mol. The highest BCUT2D eigenvalue weighted by molar-refractivity contribution is 9.10. The molecule has 1 unspecified atom stereocenters. The summed E-state index contributed by atoms with van der Waals surface area (Å²) < 4.78 is 0.743. The number of anilines is 1. The minimum Gasteiger partial charge on any atom is -0.325 e. The molecule has 4 N–H and O–H groups in total. The van der Waals surface area contributed by atoms with Crippen molar-refractivity contribution in [2.75, 3.05) is 18.4 Å². The highest BCUT2D eigenvalue weighted by atomic mass is 79.9. The summed E-state index contributed by atoms with van der Waals surface area (Å²) in [5, 5.41) is 6.08. The van der Waals surface area contributed by atoms with Crippen LogP contribution in [0.25, 0.3) is 11.0 Å². The molecule has 1 saturated heterocycles. The number of aromatic nitrogens is 2. The summed E-state index contributed by atoms with van der Waals surface area (Å²) in [6, 6.07) is 3.53. The van der Waals surface area contributed by atoms with Crippen LogP contribution < -0.4 is 16.3 Å². The normalized spacial score (nSPS) is 16.9. The maximum atomic E-state index is 12.2. The van der Waals surface area contributed by atoms with E-state index in [0.717, 1.165) is 17.6 Å². The number of amides is 1. The van der Waals surface area contributed by atoms with Gasteiger partial charge in [-0.05, 0) is 47.1 Å². The van der Waals surface area contributed by atoms with Crippen LogP contribution in [0.15, 0.2) is 21.4 Å². The average molecular weight is 339 g/mol. The fraction of sp³-hybridized carbons (Fsp3) is 0.385. The third kappa shape index (κ3) is 2.38. The van der Waals surface area contributed by atoms with Gasteiger partial charge >= 0.3 is 5.69 Å². The zero-order chi connectivity index (χ0) is 14.3. The summed E-state index contributed by atoms with van der Waals surface area (Å²) in [6.45, 7) is 3.71. The molecule has 0 radical (unpaired) electrons. The fourth-order valence-corrected chi connectivity index (χ4v) is 2.72. The summed E-state index contributed by atoms with van der Waals surface area (Å²) in [5.74, 6) is 0.350. The largest absolute Gasteiger partial charge is 0.325 e. The van der Waals surface area contributed by atoms with E-state index in [0.29, 0.717) is 22.6 Å². The second-order valence-corrected chi connectivity index (χ2v) is 6.01. The molecule has 6 nitrogen and oxygen atoms in total. The molecule has 1 aliphatic heterocycles. The molecule has 7 heteroatoms. The number of imidazole rings is 1. The SMILES string of the molecule is CC(C(=O)Nc1cc2[nH]c(=O)[nH]c2cc1Br)C1CNC1. The summed E-state index contributed by atoms with van der Waals surface area (Å²) in [7, 11) is 0. The molecule has 3 rings (SSSR count). The van der Waals surface area contributed by atoms with Crippen LogP contribution in [-0.4, -0.2) is 29.0 Å². The van der Waals surface area contributed by atoms with Gasteiger partial charge in [0.2, 0.25) is 5.91 Å². The summed E-state index contributed by atoms with van der Waals surface area (Å²) in [6.07, 6.45) is 0. The van der Waals surface area contributed by atoms with Gasteiger partial charge in [0.15, 0.2) is 0 Å². The van der Waals surface area contributed by atoms with Crippen LogP contribution in [0.1, 0.15) is 6.92 Å². The van der Waals surface area contributed by atoms with Gasteiger partial charge in [-0.1, -0.05) is 6.92 Å². The molecule has 106 valence electrons. The number of hydrogen-bond donors (Lipinski definition) is 4. The van der Waals surface area contributed by atoms with Gasteiger partial charge in [0.1, 0.15) is 0 Å². The Labute approximate surface area is 123 Å². The Balaban J connectivity index is 1.84. The predicted molar refractivity (Wildman–Crippen MR) is 80.8 cm³/mol. The molecule has 1 amide bonds. The van der Waals surface area contributed by atoms with Gasteiger partial charge < -0.3 is 20.6 Å². The Bertz CT molecular complexity index is 717. The van der Waals surface area contributed by atoms with E-state index in [9.17, 15) is 9.59 Å². The smallest absolute Gasteiger partial charge is 0.323 e. The minimum atomic E-state index is -0.260. The van der Waals surface area contributed by atoms with Crippen LogP contribution in [0.3, 0.4) is 0 Å². The van der Waals surface area contributed by atoms with Crippen molar-refractivity contribution in [3.8, 4) is 0 Å². The molecule has 1 atom stereocenters. The Morgan fingerprint density at radius 3 is 2.60 bits per heavy atom. The molecular formula is C13H15BrN4O2. The lowest BCUT2D eigenvalue weighted by Gasteiger charge is -2.31. The van der Waals surface area contributed by atoms with E-state index in [2.05, 4.69) is 36.5 Å². The van der Waals surface area contributed by atoms with Crippen molar-refractivity contribution in [3.05, 3.63) is 27.1 Å². The first-order valence-corrected chi connectivity index (χ1v) is 7.27. The van der Waals surface area contributed by atoms with Gasteiger partial charge in [0.05, 0.1) is 16.7 Å². The number of fused-ring (bicyclic) bond motifs is 1. The molecule has 20 heavy (non-hydrogen) atoms. The molecule has 1 aromatic heterocycles. The van der Waals surface area contributed by atoms with Gasteiger partial charge in [-0.25, -0.2) is 4.79 Å². The van der Waals surface area contributed by atoms with Gasteiger partial charge in [-0.2, -0.15) is 0 Å². The van der Waals surface area contributed by atoms with E-state index in [1.54, 1.807) is 12.1 Å². The highest BCUT2D eigenvalue weighted by Crippen LogP contribution is 2.27. The first-order valence-electron chi connectivity index (χ1n) is 6.47. The second-order valence-electron chi connectivity index (χ2n) is 5.15. The van der Waals surface area contributed by atoms with Crippen LogP contribution >= 0.6 is 15.9 Å². The third-order valence-corrected chi connectivity index (χ3v) is 4.45. The maximum absolute atomic E-state index is 12.2. The van der Waals surface area contributed by atoms with Gasteiger partial charge in [0.25, 0.3) is 0 Å². The average Bonchev–Trinajstić information content (AvgIpc) is 2.66. The van der Waals surface area contributed by atoms with Crippen LogP contribution in [-0.2, 0) is 4.79 Å². The topological polar surface area (TPSA) is 89.8 Å². The molecule has 1 aromatic carbocycles. The van der Waals surface area contributed by atoms with E-state index in [4.69, 9.17) is 0 Å².